The minimum absolute atomic E-state index is 0.277. The Labute approximate surface area is 254 Å². The third kappa shape index (κ3) is 9.97. The molecule has 5 rings (SSSR count). The van der Waals surface area contributed by atoms with Gasteiger partial charge in [-0.15, -0.1) is 0 Å². The lowest BCUT2D eigenvalue weighted by molar-refractivity contribution is -0.141. The maximum absolute atomic E-state index is 11.0. The summed E-state index contributed by atoms with van der Waals surface area (Å²) < 4.78 is 23.0. The molecule has 2 aromatic rings. The number of rotatable bonds is 9. The van der Waals surface area contributed by atoms with Gasteiger partial charge in [0.2, 0.25) is 0 Å². The first-order chi connectivity index (χ1) is 19.7. The number of hydrogen-bond acceptors (Lipinski definition) is 7. The number of fused-ring (bicyclic) bond motifs is 1. The second-order valence-corrected chi connectivity index (χ2v) is 11.4. The molecule has 2 aliphatic carbocycles. The number of ether oxygens (including phenoxy) is 4. The first kappa shape index (κ1) is 32.8. The van der Waals surface area contributed by atoms with E-state index < -0.39 is 0 Å². The van der Waals surface area contributed by atoms with Crippen LogP contribution in [0.25, 0.3) is 0 Å². The first-order valence-electron chi connectivity index (χ1n) is 14.4. The molecule has 2 saturated carbocycles. The number of esters is 1. The van der Waals surface area contributed by atoms with Gasteiger partial charge in [0.1, 0.15) is 28.4 Å². The molecule has 0 bridgehead atoms. The van der Waals surface area contributed by atoms with Crippen LogP contribution in [0.2, 0.25) is 5.02 Å². The zero-order valence-corrected chi connectivity index (χ0v) is 26.3. The first-order valence-corrected chi connectivity index (χ1v) is 15.2. The second-order valence-electron chi connectivity index (χ2n) is 10.5. The fraction of sp³-hybridized carbons (Fsp3) is 0.531. The molecule has 1 heterocycles. The van der Waals surface area contributed by atoms with E-state index >= 15 is 0 Å². The van der Waals surface area contributed by atoms with E-state index in [1.807, 2.05) is 18.2 Å². The van der Waals surface area contributed by atoms with Crippen LogP contribution in [0.1, 0.15) is 94.9 Å². The number of benzene rings is 2. The van der Waals surface area contributed by atoms with Gasteiger partial charge in [0.15, 0.2) is 0 Å². The highest BCUT2D eigenvalue weighted by atomic mass is 35.5. The van der Waals surface area contributed by atoms with Gasteiger partial charge in [-0.3, -0.25) is 9.59 Å². The monoisotopic (exact) mass is 603 g/mol. The molecular weight excluding hydrogens is 562 g/mol. The standard InChI is InChI=1S/C24H26ClNO5S.C5H8O.C3H8/c1-14(27)29-9-4-10-30-20-12-16(25)11-18-23(20)26-21(32)13-31-24(18)17-5-3-6-19(28-2)22(17)15-7-8-15;1-4(6)5-2-3-5;1-3-2/h3,5-6,11-12,15,24H,4,7-10,13H2,1-2H3,(H,26,32);5H,2-3H2,1H3;3H2,1-2H3/t24-;;/m1../s1. The van der Waals surface area contributed by atoms with E-state index in [-0.39, 0.29) is 18.7 Å². The van der Waals surface area contributed by atoms with Crippen LogP contribution >= 0.6 is 23.8 Å². The number of Topliss-reactive ketones (excluding diaryl/α,β-unsaturated/α-hetero) is 1. The summed E-state index contributed by atoms with van der Waals surface area (Å²) in [5, 5.41) is 3.82. The van der Waals surface area contributed by atoms with E-state index in [0.717, 1.165) is 48.2 Å². The van der Waals surface area contributed by atoms with Gasteiger partial charge in [-0.2, -0.15) is 0 Å². The van der Waals surface area contributed by atoms with Gasteiger partial charge in [-0.05, 0) is 56.2 Å². The largest absolute Gasteiger partial charge is 0.496 e. The van der Waals surface area contributed by atoms with Crippen molar-refractivity contribution in [3.05, 3.63) is 52.0 Å². The normalized spacial score (nSPS) is 17.3. The van der Waals surface area contributed by atoms with Crippen molar-refractivity contribution >= 4 is 46.2 Å². The maximum atomic E-state index is 11.0. The molecule has 0 unspecified atom stereocenters. The molecule has 0 saturated heterocycles. The predicted octanol–water partition coefficient (Wildman–Crippen LogP) is 7.82. The zero-order chi connectivity index (χ0) is 29.9. The third-order valence-electron chi connectivity index (χ3n) is 6.62. The summed E-state index contributed by atoms with van der Waals surface area (Å²) in [5.74, 6) is 2.45. The summed E-state index contributed by atoms with van der Waals surface area (Å²) in [6.45, 7) is 8.24. The van der Waals surface area contributed by atoms with Crippen molar-refractivity contribution in [1.29, 1.82) is 0 Å². The Kier molecular flexibility index (Phi) is 12.9. The van der Waals surface area contributed by atoms with Gasteiger partial charge >= 0.3 is 5.97 Å². The van der Waals surface area contributed by atoms with Gasteiger partial charge in [-0.25, -0.2) is 0 Å². The number of thiocarbonyl (C=S) groups is 1. The number of nitrogens with one attached hydrogen (secondary N) is 1. The summed E-state index contributed by atoms with van der Waals surface area (Å²) in [6.07, 6.45) is 6.01. The molecule has 41 heavy (non-hydrogen) atoms. The summed E-state index contributed by atoms with van der Waals surface area (Å²) in [4.78, 5) is 21.7. The topological polar surface area (TPSA) is 83.1 Å². The van der Waals surface area contributed by atoms with E-state index in [4.69, 9.17) is 42.8 Å². The van der Waals surface area contributed by atoms with Crippen molar-refractivity contribution in [3.8, 4) is 11.5 Å². The molecule has 2 fully saturated rings. The van der Waals surface area contributed by atoms with E-state index in [1.165, 1.54) is 18.9 Å². The van der Waals surface area contributed by atoms with Crippen molar-refractivity contribution in [3.63, 3.8) is 0 Å². The third-order valence-corrected chi connectivity index (χ3v) is 7.06. The number of carbonyl (C=O) groups is 2. The molecular formula is C32H42ClNO6S. The number of methoxy groups -OCH3 is 1. The molecule has 3 aliphatic rings. The Balaban J connectivity index is 0.000000442. The molecule has 9 heteroatoms. The Hall–Kier alpha value is -2.68. The summed E-state index contributed by atoms with van der Waals surface area (Å²) in [5.41, 5.74) is 3.85. The highest BCUT2D eigenvalue weighted by Gasteiger charge is 2.35. The molecule has 2 aromatic carbocycles. The Morgan fingerprint density at radius 3 is 2.32 bits per heavy atom. The summed E-state index contributed by atoms with van der Waals surface area (Å²) >= 11 is 12.0. The fourth-order valence-electron chi connectivity index (χ4n) is 4.46. The van der Waals surface area contributed by atoms with Gasteiger partial charge < -0.3 is 24.3 Å². The molecule has 1 atom stereocenters. The number of anilines is 1. The number of carbonyl (C=O) groups excluding carboxylic acids is 2. The molecule has 1 aliphatic heterocycles. The lowest BCUT2D eigenvalue weighted by Gasteiger charge is -2.23. The van der Waals surface area contributed by atoms with Gasteiger partial charge in [-0.1, -0.05) is 56.2 Å². The van der Waals surface area contributed by atoms with Crippen molar-refractivity contribution in [2.24, 2.45) is 5.92 Å². The highest BCUT2D eigenvalue weighted by molar-refractivity contribution is 7.80. The average molecular weight is 604 g/mol. The molecule has 224 valence electrons. The van der Waals surface area contributed by atoms with E-state index in [0.29, 0.717) is 53.0 Å². The number of hydrogen-bond donors (Lipinski definition) is 1. The fourth-order valence-corrected chi connectivity index (χ4v) is 4.85. The van der Waals surface area contributed by atoms with E-state index in [1.54, 1.807) is 20.1 Å². The Morgan fingerprint density at radius 2 is 1.76 bits per heavy atom. The van der Waals surface area contributed by atoms with Crippen LogP contribution in [0.3, 0.4) is 0 Å². The van der Waals surface area contributed by atoms with Crippen molar-refractivity contribution in [1.82, 2.24) is 0 Å². The SMILES string of the molecule is CC(=O)C1CC1.CCC.COc1cccc([C@H]2OCC(=S)Nc3c(OCCCOC(C)=O)cc(Cl)cc32)c1C1CC1. The molecule has 7 nitrogen and oxygen atoms in total. The Bertz CT molecular complexity index is 1210. The minimum atomic E-state index is -0.370. The minimum Gasteiger partial charge on any atom is -0.496 e. The van der Waals surface area contributed by atoms with E-state index in [9.17, 15) is 9.59 Å². The average Bonchev–Trinajstić information content (AvgIpc) is 3.83. The Morgan fingerprint density at radius 1 is 1.05 bits per heavy atom. The van der Waals surface area contributed by atoms with Crippen molar-refractivity contribution in [2.45, 2.75) is 78.2 Å². The zero-order valence-electron chi connectivity index (χ0n) is 24.7. The number of ketones is 1. The second kappa shape index (κ2) is 16.1. The molecule has 0 radical (unpaired) electrons. The van der Waals surface area contributed by atoms with Crippen LogP contribution < -0.4 is 14.8 Å². The van der Waals surface area contributed by atoms with Gasteiger partial charge in [0.05, 0.1) is 32.6 Å². The van der Waals surface area contributed by atoms with Crippen LogP contribution in [-0.4, -0.2) is 43.7 Å². The van der Waals surface area contributed by atoms with Crippen LogP contribution in [0, 0.1) is 5.92 Å². The maximum Gasteiger partial charge on any atom is 0.302 e. The lowest BCUT2D eigenvalue weighted by atomic mass is 9.92. The van der Waals surface area contributed by atoms with E-state index in [2.05, 4.69) is 25.2 Å². The smallest absolute Gasteiger partial charge is 0.302 e. The van der Waals surface area contributed by atoms with Crippen molar-refractivity contribution in [2.75, 3.05) is 32.2 Å². The molecule has 0 amide bonds. The van der Waals surface area contributed by atoms with Crippen LogP contribution in [0.5, 0.6) is 11.5 Å². The van der Waals surface area contributed by atoms with Crippen LogP contribution in [-0.2, 0) is 19.1 Å². The molecule has 1 N–H and O–H groups in total. The number of halogens is 1. The summed E-state index contributed by atoms with van der Waals surface area (Å²) in [7, 11) is 1.70. The summed E-state index contributed by atoms with van der Waals surface area (Å²) in [6, 6.07) is 9.71. The predicted molar refractivity (Wildman–Crippen MR) is 167 cm³/mol. The molecule has 0 aromatic heterocycles. The lowest BCUT2D eigenvalue weighted by Crippen LogP contribution is -2.14. The highest BCUT2D eigenvalue weighted by Crippen LogP contribution is 2.50. The molecule has 0 spiro atoms. The van der Waals surface area contributed by atoms with Crippen LogP contribution in [0.15, 0.2) is 30.3 Å². The van der Waals surface area contributed by atoms with Gasteiger partial charge in [0.25, 0.3) is 0 Å². The van der Waals surface area contributed by atoms with Crippen LogP contribution in [0.4, 0.5) is 5.69 Å². The van der Waals surface area contributed by atoms with Gasteiger partial charge in [0, 0.05) is 41.5 Å². The van der Waals surface area contributed by atoms with Crippen molar-refractivity contribution < 1.29 is 28.5 Å². The quantitative estimate of drug-likeness (QED) is 0.176.